The Bertz CT molecular complexity index is 394. The van der Waals surface area contributed by atoms with E-state index in [0.29, 0.717) is 12.1 Å². The molecule has 0 aliphatic heterocycles. The number of nitrogens with zero attached hydrogens (tertiary/aromatic N) is 1. The maximum atomic E-state index is 13.8. The molecule has 0 radical (unpaired) electrons. The fraction of sp³-hybridized carbons (Fsp3) is 0.647. The third kappa shape index (κ3) is 4.88. The lowest BCUT2D eigenvalue weighted by Gasteiger charge is -2.32. The highest BCUT2D eigenvalue weighted by Gasteiger charge is 2.19. The number of hydrogen-bond acceptors (Lipinski definition) is 2. The van der Waals surface area contributed by atoms with Gasteiger partial charge in [-0.15, -0.1) is 0 Å². The second-order valence-electron chi connectivity index (χ2n) is 5.81. The van der Waals surface area contributed by atoms with E-state index in [1.807, 2.05) is 12.1 Å². The Labute approximate surface area is 123 Å². The number of halogens is 1. The molecule has 0 amide bonds. The van der Waals surface area contributed by atoms with E-state index in [0.717, 1.165) is 12.1 Å². The molecular weight excluding hydrogens is 251 g/mol. The molecule has 1 rings (SSSR count). The second kappa shape index (κ2) is 8.38. The van der Waals surface area contributed by atoms with E-state index in [1.165, 1.54) is 18.9 Å². The van der Waals surface area contributed by atoms with Crippen molar-refractivity contribution >= 4 is 0 Å². The van der Waals surface area contributed by atoms with Crippen LogP contribution in [0.2, 0.25) is 0 Å². The van der Waals surface area contributed by atoms with Crippen LogP contribution in [0.15, 0.2) is 24.3 Å². The molecular formula is C17H29FN2. The number of nitrogens with one attached hydrogen (secondary N) is 1. The zero-order valence-corrected chi connectivity index (χ0v) is 13.5. The quantitative estimate of drug-likeness (QED) is 0.774. The molecule has 1 aromatic carbocycles. The highest BCUT2D eigenvalue weighted by molar-refractivity contribution is 5.20. The van der Waals surface area contributed by atoms with Crippen LogP contribution in [-0.4, -0.2) is 30.6 Å². The smallest absolute Gasteiger partial charge is 0.127 e. The normalized spacial score (nSPS) is 16.1. The zero-order valence-electron chi connectivity index (χ0n) is 13.5. The van der Waals surface area contributed by atoms with E-state index in [1.54, 1.807) is 6.07 Å². The largest absolute Gasteiger partial charge is 0.313 e. The van der Waals surface area contributed by atoms with E-state index in [-0.39, 0.29) is 11.9 Å². The monoisotopic (exact) mass is 280 g/mol. The van der Waals surface area contributed by atoms with Crippen LogP contribution in [0.1, 0.15) is 52.1 Å². The van der Waals surface area contributed by atoms with E-state index in [4.69, 9.17) is 0 Å². The summed E-state index contributed by atoms with van der Waals surface area (Å²) < 4.78 is 13.8. The van der Waals surface area contributed by atoms with Crippen molar-refractivity contribution in [2.24, 2.45) is 0 Å². The van der Waals surface area contributed by atoms with Gasteiger partial charge in [0.05, 0.1) is 0 Å². The van der Waals surface area contributed by atoms with Crippen LogP contribution in [0.5, 0.6) is 0 Å². The highest BCUT2D eigenvalue weighted by Crippen LogP contribution is 2.23. The van der Waals surface area contributed by atoms with Gasteiger partial charge in [-0.05, 0) is 40.3 Å². The van der Waals surface area contributed by atoms with Crippen LogP contribution in [-0.2, 0) is 0 Å². The van der Waals surface area contributed by atoms with Gasteiger partial charge in [0, 0.05) is 30.2 Å². The average molecular weight is 280 g/mol. The first-order valence-corrected chi connectivity index (χ1v) is 7.67. The number of likely N-dealkylation sites (N-methyl/N-ethyl adjacent to an activating group) is 1. The van der Waals surface area contributed by atoms with Gasteiger partial charge in [-0.25, -0.2) is 4.39 Å². The van der Waals surface area contributed by atoms with E-state index >= 15 is 0 Å². The molecule has 20 heavy (non-hydrogen) atoms. The molecule has 114 valence electrons. The van der Waals surface area contributed by atoms with Gasteiger partial charge in [-0.3, -0.25) is 4.90 Å². The Kier molecular flexibility index (Phi) is 7.17. The third-order valence-corrected chi connectivity index (χ3v) is 4.14. The summed E-state index contributed by atoms with van der Waals surface area (Å²) in [4.78, 5) is 2.23. The molecule has 0 saturated heterocycles. The maximum absolute atomic E-state index is 13.8. The lowest BCUT2D eigenvalue weighted by atomic mass is 10.1. The first-order valence-electron chi connectivity index (χ1n) is 7.67. The third-order valence-electron chi connectivity index (χ3n) is 4.14. The average Bonchev–Trinajstić information content (AvgIpc) is 2.44. The Morgan fingerprint density at radius 3 is 2.45 bits per heavy atom. The summed E-state index contributed by atoms with van der Waals surface area (Å²) in [5.41, 5.74) is 0.767. The highest BCUT2D eigenvalue weighted by atomic mass is 19.1. The fourth-order valence-electron chi connectivity index (χ4n) is 2.47. The molecule has 3 heteroatoms. The molecule has 1 aromatic rings. The molecule has 3 atom stereocenters. The Hall–Kier alpha value is -0.930. The SMILES string of the molecule is CCCC(C)NCC(C)N(C)C(C)c1ccccc1F. The Balaban J connectivity index is 2.56. The second-order valence-corrected chi connectivity index (χ2v) is 5.81. The fourth-order valence-corrected chi connectivity index (χ4v) is 2.47. The summed E-state index contributed by atoms with van der Waals surface area (Å²) in [6, 6.07) is 8.03. The van der Waals surface area contributed by atoms with Crippen LogP contribution in [0.25, 0.3) is 0 Å². The van der Waals surface area contributed by atoms with Gasteiger partial charge in [0.25, 0.3) is 0 Å². The molecule has 0 aliphatic rings. The Morgan fingerprint density at radius 2 is 1.85 bits per heavy atom. The Morgan fingerprint density at radius 1 is 1.20 bits per heavy atom. The van der Waals surface area contributed by atoms with Crippen molar-refractivity contribution in [3.63, 3.8) is 0 Å². The molecule has 0 spiro atoms. The molecule has 2 nitrogen and oxygen atoms in total. The summed E-state index contributed by atoms with van der Waals surface area (Å²) in [5, 5.41) is 3.55. The van der Waals surface area contributed by atoms with Crippen molar-refractivity contribution in [2.45, 2.75) is 58.7 Å². The van der Waals surface area contributed by atoms with Crippen LogP contribution in [0.3, 0.4) is 0 Å². The van der Waals surface area contributed by atoms with Gasteiger partial charge in [-0.2, -0.15) is 0 Å². The van der Waals surface area contributed by atoms with Gasteiger partial charge in [-0.1, -0.05) is 31.5 Å². The zero-order chi connectivity index (χ0) is 15.1. The van der Waals surface area contributed by atoms with Gasteiger partial charge in [0.1, 0.15) is 5.82 Å². The molecule has 0 saturated carbocycles. The predicted molar refractivity (Wildman–Crippen MR) is 84.4 cm³/mol. The summed E-state index contributed by atoms with van der Waals surface area (Å²) in [5.74, 6) is -0.119. The number of hydrogen-bond donors (Lipinski definition) is 1. The van der Waals surface area contributed by atoms with Gasteiger partial charge in [0.2, 0.25) is 0 Å². The topological polar surface area (TPSA) is 15.3 Å². The van der Waals surface area contributed by atoms with Gasteiger partial charge in [0.15, 0.2) is 0 Å². The van der Waals surface area contributed by atoms with Crippen molar-refractivity contribution < 1.29 is 4.39 Å². The first kappa shape index (κ1) is 17.1. The first-order chi connectivity index (χ1) is 9.47. The van der Waals surface area contributed by atoms with Crippen LogP contribution in [0.4, 0.5) is 4.39 Å². The molecule has 3 unspecified atom stereocenters. The molecule has 0 bridgehead atoms. The van der Waals surface area contributed by atoms with Crippen molar-refractivity contribution in [1.82, 2.24) is 10.2 Å². The molecule has 0 aromatic heterocycles. The number of rotatable bonds is 8. The van der Waals surface area contributed by atoms with E-state index < -0.39 is 0 Å². The predicted octanol–water partition coefficient (Wildman–Crippen LogP) is 3.99. The molecule has 0 aliphatic carbocycles. The summed E-state index contributed by atoms with van der Waals surface area (Å²) >= 11 is 0. The van der Waals surface area contributed by atoms with Crippen LogP contribution in [0, 0.1) is 5.82 Å². The van der Waals surface area contributed by atoms with Gasteiger partial charge >= 0.3 is 0 Å². The lowest BCUT2D eigenvalue weighted by Crippen LogP contribution is -2.42. The summed E-state index contributed by atoms with van der Waals surface area (Å²) in [7, 11) is 2.06. The minimum atomic E-state index is -0.119. The lowest BCUT2D eigenvalue weighted by molar-refractivity contribution is 0.186. The molecule has 1 N–H and O–H groups in total. The van der Waals surface area contributed by atoms with E-state index in [9.17, 15) is 4.39 Å². The maximum Gasteiger partial charge on any atom is 0.127 e. The van der Waals surface area contributed by atoms with Crippen molar-refractivity contribution in [3.05, 3.63) is 35.6 Å². The van der Waals surface area contributed by atoms with E-state index in [2.05, 4.69) is 45.0 Å². The molecule has 0 heterocycles. The number of benzene rings is 1. The van der Waals surface area contributed by atoms with Crippen LogP contribution < -0.4 is 5.32 Å². The van der Waals surface area contributed by atoms with Crippen molar-refractivity contribution in [2.75, 3.05) is 13.6 Å². The minimum Gasteiger partial charge on any atom is -0.313 e. The standard InChI is InChI=1S/C17H29FN2/c1-6-9-13(2)19-12-14(3)20(5)15(4)16-10-7-8-11-17(16)18/h7-8,10-11,13-15,19H,6,9,12H2,1-5H3. The van der Waals surface area contributed by atoms with Crippen molar-refractivity contribution in [3.8, 4) is 0 Å². The summed E-state index contributed by atoms with van der Waals surface area (Å²) in [6.45, 7) is 9.59. The van der Waals surface area contributed by atoms with Crippen molar-refractivity contribution in [1.29, 1.82) is 0 Å². The minimum absolute atomic E-state index is 0.0782. The van der Waals surface area contributed by atoms with Gasteiger partial charge < -0.3 is 5.32 Å². The van der Waals surface area contributed by atoms with Crippen LogP contribution >= 0.6 is 0 Å². The molecule has 0 fully saturated rings. The summed E-state index contributed by atoms with van der Waals surface area (Å²) in [6.07, 6.45) is 2.39.